The number of nitrogens with two attached hydrogens (primary N) is 1. The molecule has 0 heterocycles. The Hall–Kier alpha value is -3.76. The Morgan fingerprint density at radius 3 is 2.08 bits per heavy atom. The van der Waals surface area contributed by atoms with Crippen LogP contribution in [-0.2, 0) is 0 Å². The van der Waals surface area contributed by atoms with Gasteiger partial charge in [-0.25, -0.2) is 0 Å². The number of ether oxygens (including phenoxy) is 4. The molecule has 37 heavy (non-hydrogen) atoms. The molecule has 0 bridgehead atoms. The first-order chi connectivity index (χ1) is 17.9. The first kappa shape index (κ1) is 27.8. The fraction of sp³-hybridized carbons (Fsp3) is 0.296. The average molecular weight is 527 g/mol. The van der Waals surface area contributed by atoms with E-state index in [4.69, 9.17) is 24.7 Å². The van der Waals surface area contributed by atoms with Gasteiger partial charge in [-0.3, -0.25) is 14.9 Å². The van der Waals surface area contributed by atoms with Crippen molar-refractivity contribution in [3.05, 3.63) is 87.5 Å². The number of rotatable bonds is 13. The molecule has 0 saturated heterocycles. The third-order valence-corrected chi connectivity index (χ3v) is 7.25. The van der Waals surface area contributed by atoms with Crippen LogP contribution < -0.4 is 24.7 Å². The topological polar surface area (TPSA) is 123 Å². The monoisotopic (exact) mass is 526 g/mol. The van der Waals surface area contributed by atoms with Crippen LogP contribution in [0.4, 0.5) is 5.69 Å². The van der Waals surface area contributed by atoms with Gasteiger partial charge in [0, 0.05) is 35.7 Å². The number of nitro benzene ring substituents is 1. The highest BCUT2D eigenvalue weighted by molar-refractivity contribution is 7.99. The molecule has 3 aromatic rings. The molecule has 2 atom stereocenters. The highest BCUT2D eigenvalue weighted by atomic mass is 32.2. The molecule has 0 aliphatic carbocycles. The summed E-state index contributed by atoms with van der Waals surface area (Å²) < 4.78 is 21.7. The van der Waals surface area contributed by atoms with E-state index in [2.05, 4.69) is 0 Å². The lowest BCUT2D eigenvalue weighted by molar-refractivity contribution is -0.384. The second kappa shape index (κ2) is 13.0. The Kier molecular flexibility index (Phi) is 9.76. The standard InChI is InChI=1S/C27H30N2O7S/c1-33-20-10-11-21(23(16-20)35-3)26(30)25(17-5-8-19(9-6-17)29(31)32)27(37-14-13-28)18-7-12-22(34-2)24(15-18)36-4/h5-12,15-16,25,27H,13-14,28H2,1-4H3. The predicted molar refractivity (Wildman–Crippen MR) is 144 cm³/mol. The minimum absolute atomic E-state index is 0.0609. The Balaban J connectivity index is 2.21. The summed E-state index contributed by atoms with van der Waals surface area (Å²) in [5.74, 6) is 1.64. The first-order valence-corrected chi connectivity index (χ1v) is 12.5. The van der Waals surface area contributed by atoms with Crippen molar-refractivity contribution >= 4 is 23.2 Å². The van der Waals surface area contributed by atoms with Gasteiger partial charge in [-0.15, -0.1) is 0 Å². The van der Waals surface area contributed by atoms with Gasteiger partial charge in [-0.1, -0.05) is 18.2 Å². The summed E-state index contributed by atoms with van der Waals surface area (Å²) in [6.45, 7) is 0.404. The molecule has 2 unspecified atom stereocenters. The maximum absolute atomic E-state index is 14.2. The van der Waals surface area contributed by atoms with E-state index in [1.54, 1.807) is 50.6 Å². The van der Waals surface area contributed by atoms with E-state index in [0.29, 0.717) is 46.4 Å². The number of methoxy groups -OCH3 is 4. The molecule has 0 saturated carbocycles. The van der Waals surface area contributed by atoms with E-state index < -0.39 is 16.1 Å². The smallest absolute Gasteiger partial charge is 0.269 e. The van der Waals surface area contributed by atoms with Gasteiger partial charge in [0.05, 0.1) is 44.8 Å². The predicted octanol–water partition coefficient (Wildman–Crippen LogP) is 5.03. The van der Waals surface area contributed by atoms with Crippen LogP contribution in [0.5, 0.6) is 23.0 Å². The molecule has 0 aromatic heterocycles. The van der Waals surface area contributed by atoms with Crippen molar-refractivity contribution in [1.82, 2.24) is 0 Å². The van der Waals surface area contributed by atoms with Crippen LogP contribution in [0.15, 0.2) is 60.7 Å². The number of thioether (sulfide) groups is 1. The normalized spacial score (nSPS) is 12.4. The van der Waals surface area contributed by atoms with Crippen molar-refractivity contribution in [2.75, 3.05) is 40.7 Å². The summed E-state index contributed by atoms with van der Waals surface area (Å²) in [6.07, 6.45) is 0. The molecule has 0 amide bonds. The number of nitro groups is 1. The van der Waals surface area contributed by atoms with Crippen LogP contribution in [0.3, 0.4) is 0 Å². The number of carbonyl (C=O) groups is 1. The summed E-state index contributed by atoms with van der Waals surface area (Å²) in [6, 6.07) is 16.6. The molecular weight excluding hydrogens is 496 g/mol. The van der Waals surface area contributed by atoms with E-state index >= 15 is 0 Å². The third-order valence-electron chi connectivity index (χ3n) is 5.87. The summed E-state index contributed by atoms with van der Waals surface area (Å²) in [7, 11) is 6.12. The molecule has 0 aliphatic rings. The largest absolute Gasteiger partial charge is 0.497 e. The van der Waals surface area contributed by atoms with Gasteiger partial charge in [0.15, 0.2) is 17.3 Å². The summed E-state index contributed by atoms with van der Waals surface area (Å²) in [5.41, 5.74) is 7.60. The number of hydrogen-bond acceptors (Lipinski definition) is 9. The van der Waals surface area contributed by atoms with E-state index in [-0.39, 0.29) is 11.5 Å². The van der Waals surface area contributed by atoms with Crippen LogP contribution >= 0.6 is 11.8 Å². The van der Waals surface area contributed by atoms with Crippen molar-refractivity contribution in [2.45, 2.75) is 11.2 Å². The average Bonchev–Trinajstić information content (AvgIpc) is 2.94. The lowest BCUT2D eigenvalue weighted by atomic mass is 9.84. The van der Waals surface area contributed by atoms with Crippen molar-refractivity contribution in [1.29, 1.82) is 0 Å². The molecule has 0 radical (unpaired) electrons. The molecule has 196 valence electrons. The number of Topliss-reactive ketones (excluding diaryl/α,β-unsaturated/α-hetero) is 1. The van der Waals surface area contributed by atoms with Gasteiger partial charge < -0.3 is 24.7 Å². The zero-order chi connectivity index (χ0) is 26.9. The van der Waals surface area contributed by atoms with Gasteiger partial charge in [-0.05, 0) is 35.4 Å². The highest BCUT2D eigenvalue weighted by Crippen LogP contribution is 2.46. The van der Waals surface area contributed by atoms with Crippen molar-refractivity contribution in [2.24, 2.45) is 5.73 Å². The van der Waals surface area contributed by atoms with Gasteiger partial charge >= 0.3 is 0 Å². The van der Waals surface area contributed by atoms with E-state index in [9.17, 15) is 14.9 Å². The quantitative estimate of drug-likeness (QED) is 0.186. The molecule has 0 aliphatic heterocycles. The maximum atomic E-state index is 14.2. The number of nitrogens with zero attached hydrogens (tertiary/aromatic N) is 1. The van der Waals surface area contributed by atoms with Crippen LogP contribution in [0.2, 0.25) is 0 Å². The number of non-ortho nitro benzene ring substituents is 1. The summed E-state index contributed by atoms with van der Waals surface area (Å²) >= 11 is 1.52. The van der Waals surface area contributed by atoms with Crippen molar-refractivity contribution in [3.8, 4) is 23.0 Å². The Morgan fingerprint density at radius 1 is 0.865 bits per heavy atom. The molecule has 3 aromatic carbocycles. The Morgan fingerprint density at radius 2 is 1.51 bits per heavy atom. The van der Waals surface area contributed by atoms with Crippen LogP contribution in [0.25, 0.3) is 0 Å². The molecule has 2 N–H and O–H groups in total. The van der Waals surface area contributed by atoms with Crippen LogP contribution in [0.1, 0.15) is 32.7 Å². The molecular formula is C27H30N2O7S. The molecule has 3 rings (SSSR count). The Labute approximate surface area is 220 Å². The molecule has 0 fully saturated rings. The zero-order valence-electron chi connectivity index (χ0n) is 21.1. The van der Waals surface area contributed by atoms with Crippen LogP contribution in [0, 0.1) is 10.1 Å². The fourth-order valence-corrected chi connectivity index (χ4v) is 5.25. The second-order valence-corrected chi connectivity index (χ2v) is 9.20. The molecule has 0 spiro atoms. The molecule has 10 heteroatoms. The van der Waals surface area contributed by atoms with Crippen molar-refractivity contribution < 1.29 is 28.7 Å². The lowest BCUT2D eigenvalue weighted by Crippen LogP contribution is -2.21. The van der Waals surface area contributed by atoms with Crippen molar-refractivity contribution in [3.63, 3.8) is 0 Å². The second-order valence-electron chi connectivity index (χ2n) is 7.95. The van der Waals surface area contributed by atoms with Gasteiger partial charge in [0.1, 0.15) is 11.5 Å². The SMILES string of the molecule is COc1ccc(C(=O)C(c2ccc([N+](=O)[O-])cc2)C(SCCN)c2ccc(OC)c(OC)c2)c(OC)c1. The minimum atomic E-state index is -0.724. The fourth-order valence-electron chi connectivity index (χ4n) is 4.05. The zero-order valence-corrected chi connectivity index (χ0v) is 21.9. The van der Waals surface area contributed by atoms with Gasteiger partial charge in [0.2, 0.25) is 0 Å². The lowest BCUT2D eigenvalue weighted by Gasteiger charge is -2.28. The van der Waals surface area contributed by atoms with Gasteiger partial charge in [0.25, 0.3) is 5.69 Å². The molecule has 9 nitrogen and oxygen atoms in total. The number of ketones is 1. The summed E-state index contributed by atoms with van der Waals surface area (Å²) in [5, 5.41) is 10.9. The van der Waals surface area contributed by atoms with E-state index in [0.717, 1.165) is 5.56 Å². The minimum Gasteiger partial charge on any atom is -0.497 e. The van der Waals surface area contributed by atoms with E-state index in [1.165, 1.54) is 38.1 Å². The third kappa shape index (κ3) is 6.33. The van der Waals surface area contributed by atoms with E-state index in [1.807, 2.05) is 12.1 Å². The number of hydrogen-bond donors (Lipinski definition) is 1. The Bertz CT molecular complexity index is 1230. The number of benzene rings is 3. The summed E-state index contributed by atoms with van der Waals surface area (Å²) in [4.78, 5) is 25.0. The first-order valence-electron chi connectivity index (χ1n) is 11.4. The van der Waals surface area contributed by atoms with Gasteiger partial charge in [-0.2, -0.15) is 11.8 Å². The number of carbonyl (C=O) groups excluding carboxylic acids is 1. The maximum Gasteiger partial charge on any atom is 0.269 e. The highest BCUT2D eigenvalue weighted by Gasteiger charge is 2.34. The van der Waals surface area contributed by atoms with Crippen LogP contribution in [-0.4, -0.2) is 51.4 Å².